The molecule has 0 aliphatic rings. The Labute approximate surface area is 177 Å². The Morgan fingerprint density at radius 2 is 1.80 bits per heavy atom. The summed E-state index contributed by atoms with van der Waals surface area (Å²) < 4.78 is 10.9. The Bertz CT molecular complexity index is 913. The number of methoxy groups -OCH3 is 1. The second-order valence-corrected chi connectivity index (χ2v) is 6.48. The first-order chi connectivity index (χ1) is 14.8. The molecule has 2 heterocycles. The number of pyridine rings is 2. The molecule has 0 radical (unpaired) electrons. The van der Waals surface area contributed by atoms with E-state index in [1.165, 1.54) is 0 Å². The Morgan fingerprint density at radius 3 is 2.47 bits per heavy atom. The third-order valence-corrected chi connectivity index (χ3v) is 4.24. The zero-order valence-electron chi connectivity index (χ0n) is 17.3. The zero-order chi connectivity index (χ0) is 21.0. The molecule has 7 nitrogen and oxygen atoms in total. The standard InChI is InChI=1S/C23H27N5O2/c1-3-24-23(26-15-13-19-6-4-5-14-25-19)28-17-18-7-12-22(27-16-18)30-21-10-8-20(29-2)9-11-21/h4-12,14,16H,3,13,15,17H2,1-2H3,(H2,24,26,28). The largest absolute Gasteiger partial charge is 0.497 e. The van der Waals surface area contributed by atoms with Crippen molar-refractivity contribution >= 4 is 5.96 Å². The molecule has 0 saturated heterocycles. The summed E-state index contributed by atoms with van der Waals surface area (Å²) in [6.45, 7) is 4.12. The van der Waals surface area contributed by atoms with Crippen LogP contribution in [0.1, 0.15) is 18.2 Å². The van der Waals surface area contributed by atoms with Gasteiger partial charge < -0.3 is 20.1 Å². The van der Waals surface area contributed by atoms with Gasteiger partial charge in [-0.3, -0.25) is 4.98 Å². The lowest BCUT2D eigenvalue weighted by Crippen LogP contribution is -2.38. The molecule has 2 N–H and O–H groups in total. The number of ether oxygens (including phenoxy) is 2. The van der Waals surface area contributed by atoms with E-state index in [4.69, 9.17) is 9.47 Å². The number of hydrogen-bond acceptors (Lipinski definition) is 5. The highest BCUT2D eigenvalue weighted by Gasteiger charge is 2.02. The fraction of sp³-hybridized carbons (Fsp3) is 0.261. The topological polar surface area (TPSA) is 80.7 Å². The van der Waals surface area contributed by atoms with Gasteiger partial charge in [-0.2, -0.15) is 0 Å². The fourth-order valence-corrected chi connectivity index (χ4v) is 2.70. The van der Waals surface area contributed by atoms with Crippen molar-refractivity contribution in [3.8, 4) is 17.4 Å². The molecule has 0 saturated carbocycles. The molecule has 7 heteroatoms. The van der Waals surface area contributed by atoms with E-state index in [9.17, 15) is 0 Å². The van der Waals surface area contributed by atoms with Crippen molar-refractivity contribution in [2.45, 2.75) is 19.9 Å². The second-order valence-electron chi connectivity index (χ2n) is 6.48. The second kappa shape index (κ2) is 11.4. The molecule has 1 aromatic carbocycles. The Kier molecular flexibility index (Phi) is 8.02. The molecule has 0 bridgehead atoms. The average molecular weight is 406 g/mol. The monoisotopic (exact) mass is 405 g/mol. The number of nitrogens with one attached hydrogen (secondary N) is 2. The number of guanidine groups is 1. The van der Waals surface area contributed by atoms with Gasteiger partial charge >= 0.3 is 0 Å². The SMILES string of the molecule is CCNC(=NCc1ccc(Oc2ccc(OC)cc2)nc1)NCCc1ccccn1. The molecule has 0 amide bonds. The highest BCUT2D eigenvalue weighted by molar-refractivity contribution is 5.79. The number of rotatable bonds is 9. The van der Waals surface area contributed by atoms with Gasteiger partial charge in [-0.25, -0.2) is 9.98 Å². The Balaban J connectivity index is 1.51. The van der Waals surface area contributed by atoms with E-state index in [0.29, 0.717) is 18.2 Å². The fourth-order valence-electron chi connectivity index (χ4n) is 2.70. The molecule has 0 aliphatic heterocycles. The number of aromatic nitrogens is 2. The summed E-state index contributed by atoms with van der Waals surface area (Å²) in [7, 11) is 1.64. The highest BCUT2D eigenvalue weighted by Crippen LogP contribution is 2.22. The predicted molar refractivity (Wildman–Crippen MR) is 118 cm³/mol. The molecule has 3 rings (SSSR count). The van der Waals surface area contributed by atoms with Crippen molar-refractivity contribution in [2.24, 2.45) is 4.99 Å². The molecular formula is C23H27N5O2. The Hall–Kier alpha value is -3.61. The van der Waals surface area contributed by atoms with Crippen molar-refractivity contribution in [1.82, 2.24) is 20.6 Å². The van der Waals surface area contributed by atoms with E-state index in [1.54, 1.807) is 13.3 Å². The zero-order valence-corrected chi connectivity index (χ0v) is 17.3. The van der Waals surface area contributed by atoms with Crippen molar-refractivity contribution in [2.75, 3.05) is 20.2 Å². The van der Waals surface area contributed by atoms with E-state index in [-0.39, 0.29) is 0 Å². The normalized spacial score (nSPS) is 11.1. The number of aliphatic imine (C=N–C) groups is 1. The number of hydrogen-bond donors (Lipinski definition) is 2. The van der Waals surface area contributed by atoms with Gasteiger partial charge in [0.15, 0.2) is 5.96 Å². The van der Waals surface area contributed by atoms with Crippen LogP contribution in [0.2, 0.25) is 0 Å². The molecule has 0 atom stereocenters. The van der Waals surface area contributed by atoms with Crippen molar-refractivity contribution in [3.05, 3.63) is 78.2 Å². The van der Waals surface area contributed by atoms with Gasteiger partial charge in [-0.1, -0.05) is 12.1 Å². The summed E-state index contributed by atoms with van der Waals surface area (Å²) >= 11 is 0. The van der Waals surface area contributed by atoms with Crippen LogP contribution < -0.4 is 20.1 Å². The van der Waals surface area contributed by atoms with Crippen LogP contribution in [0.15, 0.2) is 72.0 Å². The maximum atomic E-state index is 5.76. The molecule has 0 fully saturated rings. The van der Waals surface area contributed by atoms with E-state index in [1.807, 2.05) is 67.7 Å². The van der Waals surface area contributed by atoms with E-state index in [2.05, 4.69) is 25.6 Å². The molecular weight excluding hydrogens is 378 g/mol. The molecule has 2 aromatic heterocycles. The predicted octanol–water partition coefficient (Wildman–Crippen LogP) is 3.58. The van der Waals surface area contributed by atoms with Crippen LogP contribution in [-0.2, 0) is 13.0 Å². The lowest BCUT2D eigenvalue weighted by molar-refractivity contribution is 0.412. The van der Waals surface area contributed by atoms with Crippen LogP contribution in [-0.4, -0.2) is 36.1 Å². The van der Waals surface area contributed by atoms with Crippen LogP contribution >= 0.6 is 0 Å². The summed E-state index contributed by atoms with van der Waals surface area (Å²) in [6.07, 6.45) is 4.42. The summed E-state index contributed by atoms with van der Waals surface area (Å²) in [5.41, 5.74) is 2.05. The molecule has 0 aliphatic carbocycles. The van der Waals surface area contributed by atoms with Gasteiger partial charge in [0.2, 0.25) is 5.88 Å². The van der Waals surface area contributed by atoms with Gasteiger partial charge in [0.1, 0.15) is 11.5 Å². The van der Waals surface area contributed by atoms with Crippen LogP contribution in [0, 0.1) is 0 Å². The van der Waals surface area contributed by atoms with Gasteiger partial charge in [-0.15, -0.1) is 0 Å². The average Bonchev–Trinajstić information content (AvgIpc) is 2.80. The van der Waals surface area contributed by atoms with Crippen molar-refractivity contribution in [3.63, 3.8) is 0 Å². The first-order valence-electron chi connectivity index (χ1n) is 9.95. The minimum absolute atomic E-state index is 0.523. The van der Waals surface area contributed by atoms with Gasteiger partial charge in [0, 0.05) is 43.7 Å². The summed E-state index contributed by atoms with van der Waals surface area (Å²) in [5.74, 6) is 2.80. The minimum Gasteiger partial charge on any atom is -0.497 e. The lowest BCUT2D eigenvalue weighted by atomic mass is 10.3. The summed E-state index contributed by atoms with van der Waals surface area (Å²) in [4.78, 5) is 13.3. The Morgan fingerprint density at radius 1 is 0.967 bits per heavy atom. The molecule has 3 aromatic rings. The van der Waals surface area contributed by atoms with Gasteiger partial charge in [0.25, 0.3) is 0 Å². The first-order valence-corrected chi connectivity index (χ1v) is 9.95. The van der Waals surface area contributed by atoms with Gasteiger partial charge in [-0.05, 0) is 48.9 Å². The quantitative estimate of drug-likeness (QED) is 0.418. The third kappa shape index (κ3) is 6.77. The van der Waals surface area contributed by atoms with Crippen molar-refractivity contribution in [1.29, 1.82) is 0 Å². The summed E-state index contributed by atoms with van der Waals surface area (Å²) in [5, 5.41) is 6.59. The summed E-state index contributed by atoms with van der Waals surface area (Å²) in [6, 6.07) is 17.1. The van der Waals surface area contributed by atoms with Crippen molar-refractivity contribution < 1.29 is 9.47 Å². The highest BCUT2D eigenvalue weighted by atomic mass is 16.5. The molecule has 156 valence electrons. The lowest BCUT2D eigenvalue weighted by Gasteiger charge is -2.11. The molecule has 30 heavy (non-hydrogen) atoms. The van der Waals surface area contributed by atoms with Crippen LogP contribution in [0.4, 0.5) is 0 Å². The van der Waals surface area contributed by atoms with Crippen LogP contribution in [0.3, 0.4) is 0 Å². The maximum absolute atomic E-state index is 5.76. The minimum atomic E-state index is 0.523. The van der Waals surface area contributed by atoms with Crippen LogP contribution in [0.5, 0.6) is 17.4 Å². The third-order valence-electron chi connectivity index (χ3n) is 4.24. The van der Waals surface area contributed by atoms with E-state index >= 15 is 0 Å². The number of benzene rings is 1. The van der Waals surface area contributed by atoms with E-state index < -0.39 is 0 Å². The number of nitrogens with zero attached hydrogens (tertiary/aromatic N) is 3. The maximum Gasteiger partial charge on any atom is 0.219 e. The van der Waals surface area contributed by atoms with Gasteiger partial charge in [0.05, 0.1) is 13.7 Å². The first kappa shape index (κ1) is 21.1. The van der Waals surface area contributed by atoms with E-state index in [0.717, 1.165) is 42.5 Å². The van der Waals surface area contributed by atoms with Crippen LogP contribution in [0.25, 0.3) is 0 Å². The smallest absolute Gasteiger partial charge is 0.219 e. The molecule has 0 unspecified atom stereocenters. The molecule has 0 spiro atoms.